The van der Waals surface area contributed by atoms with Gasteiger partial charge in [-0.15, -0.1) is 0 Å². The first-order valence-electron chi connectivity index (χ1n) is 0.622. The summed E-state index contributed by atoms with van der Waals surface area (Å²) in [6.07, 6.45) is 0.750. The van der Waals surface area contributed by atoms with Crippen LogP contribution >= 0.6 is 0 Å². The topological polar surface area (TPSA) is 84.9 Å². The first kappa shape index (κ1) is 18.3. The van der Waals surface area contributed by atoms with Gasteiger partial charge in [-0.25, -0.2) is 0 Å². The van der Waals surface area contributed by atoms with Gasteiger partial charge in [0, 0.05) is 0 Å². The van der Waals surface area contributed by atoms with Crippen LogP contribution in [0, 0.1) is 5.41 Å². The van der Waals surface area contributed by atoms with Gasteiger partial charge in [0.05, 0.1) is 6.34 Å². The van der Waals surface area contributed by atoms with Crippen molar-refractivity contribution in [1.82, 2.24) is 6.15 Å². The van der Waals surface area contributed by atoms with E-state index in [4.69, 9.17) is 5.41 Å². The maximum absolute atomic E-state index is 5.86. The van der Waals surface area contributed by atoms with Gasteiger partial charge in [0.1, 0.15) is 0 Å². The molecule has 0 fully saturated rings. The SMILES string of the molecule is N.N=CN.[PbH2]. The molecule has 0 aromatic carbocycles. The van der Waals surface area contributed by atoms with Crippen LogP contribution in [0.15, 0.2) is 0 Å². The Bertz CT molecular complexity index is 14.4. The molecule has 32 valence electrons. The monoisotopic (exact) mass is 271 g/mol. The molecule has 0 heterocycles. The van der Waals surface area contributed by atoms with Crippen LogP contribution in [0.5, 0.6) is 0 Å². The normalized spacial score (nSPS) is 2.40. The molecule has 0 aromatic rings. The van der Waals surface area contributed by atoms with Crippen molar-refractivity contribution >= 4 is 33.6 Å². The van der Waals surface area contributed by atoms with Crippen LogP contribution in [0.4, 0.5) is 0 Å². The predicted molar refractivity (Wildman–Crippen MR) is 26.5 cm³/mol. The van der Waals surface area contributed by atoms with Gasteiger partial charge < -0.3 is 11.9 Å². The Morgan fingerprint density at radius 3 is 1.60 bits per heavy atom. The Morgan fingerprint density at radius 2 is 1.60 bits per heavy atom. The predicted octanol–water partition coefficient (Wildman–Crippen LogP) is -1.20. The Hall–Kier alpha value is 0.352. The minimum atomic E-state index is 0. The first-order valence-corrected chi connectivity index (χ1v) is 0.622. The molecule has 0 spiro atoms. The molecule has 4 heteroatoms. The van der Waals surface area contributed by atoms with E-state index in [1.807, 2.05) is 0 Å². The van der Waals surface area contributed by atoms with Crippen molar-refractivity contribution in [2.75, 3.05) is 0 Å². The van der Waals surface area contributed by atoms with Gasteiger partial charge in [-0.05, 0) is 0 Å². The number of hydrogen-bond donors (Lipinski definition) is 3. The molecule has 3 nitrogen and oxygen atoms in total. The minimum absolute atomic E-state index is 0. The zero-order valence-electron chi connectivity index (χ0n) is 3.07. The molecule has 0 saturated heterocycles. The van der Waals surface area contributed by atoms with Crippen LogP contribution in [-0.4, -0.2) is 33.6 Å². The average Bonchev–Trinajstić information content (AvgIpc) is 0.918. The van der Waals surface area contributed by atoms with E-state index in [1.165, 1.54) is 0 Å². The molecule has 0 aliphatic rings. The van der Waals surface area contributed by atoms with Crippen molar-refractivity contribution in [2.24, 2.45) is 5.73 Å². The molecular weight excluding hydrogens is 261 g/mol. The summed E-state index contributed by atoms with van der Waals surface area (Å²) < 4.78 is 0. The fourth-order valence-corrected chi connectivity index (χ4v) is 0. The van der Waals surface area contributed by atoms with Gasteiger partial charge in [-0.2, -0.15) is 0 Å². The van der Waals surface area contributed by atoms with E-state index in [9.17, 15) is 0 Å². The molecule has 0 bridgehead atoms. The van der Waals surface area contributed by atoms with Gasteiger partial charge in [0.25, 0.3) is 0 Å². The second kappa shape index (κ2) is 26.7. The molecule has 0 aliphatic heterocycles. The standard InChI is InChI=1S/CH4N2.H3N.Pb.2H/c2-1-3;;;;/h1H,(H3,2,3);1H3;;;. The molecule has 0 amide bonds. The third kappa shape index (κ3) is 194. The number of rotatable bonds is 0. The molecular formula is CH9N3Pb. The van der Waals surface area contributed by atoms with E-state index in [1.54, 1.807) is 0 Å². The Kier molecular flexibility index (Phi) is 98.0. The van der Waals surface area contributed by atoms with Crippen LogP contribution in [0.25, 0.3) is 0 Å². The van der Waals surface area contributed by atoms with Crippen molar-refractivity contribution < 1.29 is 0 Å². The van der Waals surface area contributed by atoms with E-state index in [0.29, 0.717) is 0 Å². The molecule has 0 atom stereocenters. The van der Waals surface area contributed by atoms with E-state index in [2.05, 4.69) is 5.73 Å². The van der Waals surface area contributed by atoms with E-state index >= 15 is 0 Å². The second-order valence-corrected chi connectivity index (χ2v) is 0.167. The van der Waals surface area contributed by atoms with E-state index in [0.717, 1.165) is 6.34 Å². The molecule has 0 saturated carbocycles. The molecule has 2 radical (unpaired) electrons. The zero-order valence-corrected chi connectivity index (χ0v) is 8.57. The van der Waals surface area contributed by atoms with Crippen molar-refractivity contribution in [3.63, 3.8) is 0 Å². The van der Waals surface area contributed by atoms with Gasteiger partial charge in [0.15, 0.2) is 0 Å². The summed E-state index contributed by atoms with van der Waals surface area (Å²) in [5.74, 6) is 0. The molecule has 0 unspecified atom stereocenters. The second-order valence-electron chi connectivity index (χ2n) is 0.167. The van der Waals surface area contributed by atoms with Crippen LogP contribution in [0.2, 0.25) is 0 Å². The van der Waals surface area contributed by atoms with E-state index in [-0.39, 0.29) is 33.4 Å². The molecule has 0 aromatic heterocycles. The number of nitrogens with one attached hydrogen (secondary N) is 1. The van der Waals surface area contributed by atoms with Crippen molar-refractivity contribution in [3.05, 3.63) is 0 Å². The Morgan fingerprint density at radius 1 is 1.60 bits per heavy atom. The summed E-state index contributed by atoms with van der Waals surface area (Å²) in [6.45, 7) is 0. The molecule has 0 aliphatic carbocycles. The summed E-state index contributed by atoms with van der Waals surface area (Å²) in [5, 5.41) is 5.86. The molecule has 0 rings (SSSR count). The summed E-state index contributed by atoms with van der Waals surface area (Å²) in [6, 6.07) is 0. The Balaban J connectivity index is -0.0000000200. The molecule has 5 heavy (non-hydrogen) atoms. The van der Waals surface area contributed by atoms with Gasteiger partial charge in [0.2, 0.25) is 0 Å². The van der Waals surface area contributed by atoms with Gasteiger partial charge >= 0.3 is 27.3 Å². The molecule has 6 N–H and O–H groups in total. The fourth-order valence-electron chi connectivity index (χ4n) is 0. The van der Waals surface area contributed by atoms with Crippen molar-refractivity contribution in [3.8, 4) is 0 Å². The van der Waals surface area contributed by atoms with Crippen molar-refractivity contribution in [1.29, 1.82) is 5.41 Å². The number of hydrogen-bond acceptors (Lipinski definition) is 2. The summed E-state index contributed by atoms with van der Waals surface area (Å²) in [4.78, 5) is 0. The third-order valence-electron chi connectivity index (χ3n) is 0. The average molecular weight is 270 g/mol. The first-order chi connectivity index (χ1) is 1.41. The van der Waals surface area contributed by atoms with E-state index < -0.39 is 0 Å². The van der Waals surface area contributed by atoms with Crippen molar-refractivity contribution in [2.45, 2.75) is 0 Å². The Labute approximate surface area is 51.2 Å². The van der Waals surface area contributed by atoms with Crippen LogP contribution in [0.3, 0.4) is 0 Å². The quantitative estimate of drug-likeness (QED) is 0.293. The van der Waals surface area contributed by atoms with Crippen LogP contribution in [0.1, 0.15) is 0 Å². The van der Waals surface area contributed by atoms with Gasteiger partial charge in [-0.1, -0.05) is 0 Å². The number of nitrogens with two attached hydrogens (primary N) is 1. The van der Waals surface area contributed by atoms with Gasteiger partial charge in [-0.3, -0.25) is 5.41 Å². The summed E-state index contributed by atoms with van der Waals surface area (Å²) >= 11 is 0. The maximum atomic E-state index is 5.86. The fraction of sp³-hybridized carbons (Fsp3) is 0. The third-order valence-corrected chi connectivity index (χ3v) is 0. The summed E-state index contributed by atoms with van der Waals surface area (Å²) in [5.41, 5.74) is 4.39. The van der Waals surface area contributed by atoms with Crippen LogP contribution < -0.4 is 11.9 Å². The summed E-state index contributed by atoms with van der Waals surface area (Å²) in [7, 11) is 0. The van der Waals surface area contributed by atoms with Crippen LogP contribution in [-0.2, 0) is 0 Å². The zero-order chi connectivity index (χ0) is 2.71.